The van der Waals surface area contributed by atoms with Gasteiger partial charge in [0, 0.05) is 0 Å². The summed E-state index contributed by atoms with van der Waals surface area (Å²) >= 11 is 0. The highest BCUT2D eigenvalue weighted by Crippen LogP contribution is 2.51. The topological polar surface area (TPSA) is 0 Å². The zero-order valence-electron chi connectivity index (χ0n) is 12.6. The normalized spacial score (nSPS) is 27.2. The molecular formula is C20H22Si. The fourth-order valence-corrected chi connectivity index (χ4v) is 9.45. The fraction of sp³-hybridized carbons (Fsp3) is 0.300. The lowest BCUT2D eigenvalue weighted by molar-refractivity contribution is 0.680. The maximum Gasteiger partial charge on any atom is 0.118 e. The molecule has 0 aromatic heterocycles. The number of hydrogen-bond acceptors (Lipinski definition) is 0. The van der Waals surface area contributed by atoms with Crippen molar-refractivity contribution in [3.63, 3.8) is 0 Å². The predicted molar refractivity (Wildman–Crippen MR) is 92.9 cm³/mol. The van der Waals surface area contributed by atoms with Crippen LogP contribution in [-0.2, 0) is 0 Å². The predicted octanol–water partition coefficient (Wildman–Crippen LogP) is 3.85. The van der Waals surface area contributed by atoms with E-state index in [9.17, 15) is 0 Å². The summed E-state index contributed by atoms with van der Waals surface area (Å²) in [5.41, 5.74) is 0.859. The second-order valence-electron chi connectivity index (χ2n) is 6.82. The molecule has 0 radical (unpaired) electrons. The summed E-state index contributed by atoms with van der Waals surface area (Å²) in [6.45, 7) is 2.59. The average molecular weight is 290 g/mol. The first-order valence-electron chi connectivity index (χ1n) is 8.08. The molecule has 21 heavy (non-hydrogen) atoms. The molecule has 2 aromatic rings. The molecular weight excluding hydrogens is 268 g/mol. The van der Waals surface area contributed by atoms with Crippen molar-refractivity contribution in [2.75, 3.05) is 0 Å². The molecule has 1 saturated carbocycles. The Morgan fingerprint density at radius 2 is 1.33 bits per heavy atom. The van der Waals surface area contributed by atoms with Crippen molar-refractivity contribution in [2.45, 2.75) is 24.9 Å². The lowest BCUT2D eigenvalue weighted by Crippen LogP contribution is -2.59. The van der Waals surface area contributed by atoms with E-state index >= 15 is 0 Å². The highest BCUT2D eigenvalue weighted by Gasteiger charge is 2.49. The second-order valence-corrected chi connectivity index (χ2v) is 11.1. The monoisotopic (exact) mass is 290 g/mol. The van der Waals surface area contributed by atoms with Gasteiger partial charge in [-0.3, -0.25) is 0 Å². The Kier molecular flexibility index (Phi) is 3.11. The van der Waals surface area contributed by atoms with Crippen molar-refractivity contribution in [1.82, 2.24) is 0 Å². The average Bonchev–Trinajstić information content (AvgIpc) is 3.19. The van der Waals surface area contributed by atoms with Gasteiger partial charge < -0.3 is 0 Å². The van der Waals surface area contributed by atoms with Crippen LogP contribution in [0, 0.1) is 11.8 Å². The molecule has 0 N–H and O–H groups in total. The highest BCUT2D eigenvalue weighted by molar-refractivity contribution is 7.02. The molecule has 0 spiro atoms. The standard InChI is InChI=1S/C20H22Si/c1-21(18-8-4-2-5-9-18,19-10-6-3-7-11-19)20-15-16-12-13-17(20)14-16/h2-13,16-17,20H,14-15H2,1H3. The SMILES string of the molecule is C[Si](c1ccccc1)(c1ccccc1)C1CC2C=CC1C2. The van der Waals surface area contributed by atoms with Crippen LogP contribution in [-0.4, -0.2) is 8.07 Å². The van der Waals surface area contributed by atoms with Gasteiger partial charge in [0.1, 0.15) is 8.07 Å². The first-order valence-corrected chi connectivity index (χ1v) is 10.7. The molecule has 0 aliphatic heterocycles. The van der Waals surface area contributed by atoms with Gasteiger partial charge in [-0.05, 0) is 30.2 Å². The first kappa shape index (κ1) is 13.1. The van der Waals surface area contributed by atoms with Crippen LogP contribution in [0.2, 0.25) is 12.1 Å². The molecule has 1 fully saturated rings. The largest absolute Gasteiger partial charge is 0.118 e. The van der Waals surface area contributed by atoms with Gasteiger partial charge in [-0.2, -0.15) is 0 Å². The van der Waals surface area contributed by atoms with Crippen LogP contribution in [0.3, 0.4) is 0 Å². The van der Waals surface area contributed by atoms with E-state index in [4.69, 9.17) is 0 Å². The van der Waals surface area contributed by atoms with E-state index in [1.165, 1.54) is 12.8 Å². The minimum absolute atomic E-state index is 0.812. The van der Waals surface area contributed by atoms with Gasteiger partial charge in [-0.25, -0.2) is 0 Å². The first-order chi connectivity index (χ1) is 10.3. The maximum absolute atomic E-state index is 2.59. The van der Waals surface area contributed by atoms with E-state index in [2.05, 4.69) is 79.4 Å². The number of hydrogen-bond donors (Lipinski definition) is 0. The third kappa shape index (κ3) is 2.03. The second kappa shape index (κ2) is 4.99. The molecule has 2 bridgehead atoms. The Balaban J connectivity index is 1.85. The quantitative estimate of drug-likeness (QED) is 0.595. The van der Waals surface area contributed by atoms with E-state index in [0.717, 1.165) is 17.4 Å². The summed E-state index contributed by atoms with van der Waals surface area (Å²) in [7, 11) is -1.67. The van der Waals surface area contributed by atoms with Gasteiger partial charge in [-0.1, -0.05) is 89.7 Å². The minimum atomic E-state index is -1.67. The van der Waals surface area contributed by atoms with Crippen LogP contribution in [0.1, 0.15) is 12.8 Å². The van der Waals surface area contributed by atoms with Crippen molar-refractivity contribution in [2.24, 2.45) is 11.8 Å². The Labute approximate surface area is 128 Å². The zero-order valence-corrected chi connectivity index (χ0v) is 13.6. The Morgan fingerprint density at radius 1 is 0.762 bits per heavy atom. The molecule has 106 valence electrons. The van der Waals surface area contributed by atoms with Crippen LogP contribution >= 0.6 is 0 Å². The summed E-state index contributed by atoms with van der Waals surface area (Å²) in [5, 5.41) is 3.20. The van der Waals surface area contributed by atoms with Crippen LogP contribution < -0.4 is 10.4 Å². The zero-order chi connectivity index (χ0) is 14.3. The molecule has 0 nitrogen and oxygen atoms in total. The summed E-state index contributed by atoms with van der Waals surface area (Å²) in [6, 6.07) is 22.6. The molecule has 0 saturated heterocycles. The van der Waals surface area contributed by atoms with E-state index in [1.807, 2.05) is 0 Å². The van der Waals surface area contributed by atoms with Crippen molar-refractivity contribution in [3.05, 3.63) is 72.8 Å². The smallest absolute Gasteiger partial charge is 0.0851 e. The van der Waals surface area contributed by atoms with Gasteiger partial charge in [-0.15, -0.1) is 0 Å². The number of benzene rings is 2. The molecule has 3 atom stereocenters. The molecule has 2 aliphatic carbocycles. The summed E-state index contributed by atoms with van der Waals surface area (Å²) in [5.74, 6) is 1.66. The van der Waals surface area contributed by atoms with Crippen molar-refractivity contribution in [3.8, 4) is 0 Å². The van der Waals surface area contributed by atoms with Crippen molar-refractivity contribution in [1.29, 1.82) is 0 Å². The number of fused-ring (bicyclic) bond motifs is 2. The molecule has 0 heterocycles. The molecule has 2 aromatic carbocycles. The van der Waals surface area contributed by atoms with Crippen LogP contribution in [0.25, 0.3) is 0 Å². The molecule has 2 aliphatic rings. The third-order valence-corrected chi connectivity index (χ3v) is 11.0. The Bertz CT molecular complexity index is 605. The van der Waals surface area contributed by atoms with Gasteiger partial charge in [0.2, 0.25) is 0 Å². The van der Waals surface area contributed by atoms with Gasteiger partial charge in [0.15, 0.2) is 0 Å². The lowest BCUT2D eigenvalue weighted by Gasteiger charge is -2.38. The van der Waals surface area contributed by atoms with E-state index in [-0.39, 0.29) is 0 Å². The number of rotatable bonds is 3. The number of allylic oxidation sites excluding steroid dienone is 2. The van der Waals surface area contributed by atoms with Gasteiger partial charge in [0.25, 0.3) is 0 Å². The van der Waals surface area contributed by atoms with Crippen LogP contribution in [0.15, 0.2) is 72.8 Å². The van der Waals surface area contributed by atoms with Gasteiger partial charge >= 0.3 is 0 Å². The molecule has 4 rings (SSSR count). The lowest BCUT2D eigenvalue weighted by atomic mass is 10.1. The van der Waals surface area contributed by atoms with E-state index < -0.39 is 8.07 Å². The van der Waals surface area contributed by atoms with Crippen molar-refractivity contribution >= 4 is 18.4 Å². The van der Waals surface area contributed by atoms with Crippen LogP contribution in [0.5, 0.6) is 0 Å². The van der Waals surface area contributed by atoms with Crippen LogP contribution in [0.4, 0.5) is 0 Å². The minimum Gasteiger partial charge on any atom is -0.0851 e. The van der Waals surface area contributed by atoms with Gasteiger partial charge in [0.05, 0.1) is 0 Å². The molecule has 3 unspecified atom stereocenters. The third-order valence-electron chi connectivity index (χ3n) is 5.77. The summed E-state index contributed by atoms with van der Waals surface area (Å²) < 4.78 is 0. The summed E-state index contributed by atoms with van der Waals surface area (Å²) in [4.78, 5) is 0. The van der Waals surface area contributed by atoms with E-state index in [1.54, 1.807) is 10.4 Å². The molecule has 1 heteroatoms. The highest BCUT2D eigenvalue weighted by atomic mass is 28.3. The molecule has 0 amide bonds. The fourth-order valence-electron chi connectivity index (χ4n) is 4.61. The Hall–Kier alpha value is -1.60. The summed E-state index contributed by atoms with van der Waals surface area (Å²) in [6.07, 6.45) is 7.77. The van der Waals surface area contributed by atoms with E-state index in [0.29, 0.717) is 0 Å². The maximum atomic E-state index is 2.59. The Morgan fingerprint density at radius 3 is 1.76 bits per heavy atom. The van der Waals surface area contributed by atoms with Crippen molar-refractivity contribution < 1.29 is 0 Å².